The zero-order valence-corrected chi connectivity index (χ0v) is 16.2. The lowest BCUT2D eigenvalue weighted by atomic mass is 10.0. The van der Waals surface area contributed by atoms with Crippen molar-refractivity contribution >= 4 is 5.95 Å². The van der Waals surface area contributed by atoms with Gasteiger partial charge in [-0.2, -0.15) is 0 Å². The monoisotopic (exact) mass is 368 g/mol. The van der Waals surface area contributed by atoms with Crippen molar-refractivity contribution in [2.45, 2.75) is 39.3 Å². The second kappa shape index (κ2) is 7.72. The van der Waals surface area contributed by atoms with Crippen LogP contribution in [0.2, 0.25) is 0 Å². The van der Waals surface area contributed by atoms with Gasteiger partial charge in [-0.15, -0.1) is 0 Å². The Balaban J connectivity index is 1.50. The van der Waals surface area contributed by atoms with Crippen molar-refractivity contribution in [2.24, 2.45) is 5.92 Å². The van der Waals surface area contributed by atoms with Gasteiger partial charge in [0.1, 0.15) is 5.75 Å². The summed E-state index contributed by atoms with van der Waals surface area (Å²) < 4.78 is 5.31. The Hall–Kier alpha value is -2.34. The largest absolute Gasteiger partial charge is 0.497 e. The highest BCUT2D eigenvalue weighted by molar-refractivity contribution is 5.35. The molecular weight excluding hydrogens is 340 g/mol. The number of hydrogen-bond donors (Lipinski definition) is 1. The third-order valence-electron chi connectivity index (χ3n) is 5.63. The Bertz CT molecular complexity index is 864. The Morgan fingerprint density at radius 3 is 3.04 bits per heavy atom. The number of methoxy groups -OCH3 is 1. The van der Waals surface area contributed by atoms with E-state index in [1.54, 1.807) is 7.11 Å². The number of aromatic nitrogens is 2. The van der Waals surface area contributed by atoms with Crippen molar-refractivity contribution in [3.8, 4) is 5.75 Å². The van der Waals surface area contributed by atoms with Gasteiger partial charge in [0.15, 0.2) is 0 Å². The smallest absolute Gasteiger partial charge is 0.257 e. The highest BCUT2D eigenvalue weighted by atomic mass is 16.5. The van der Waals surface area contributed by atoms with Crippen LogP contribution in [0.1, 0.15) is 36.6 Å². The minimum absolute atomic E-state index is 0.0172. The zero-order chi connectivity index (χ0) is 18.8. The Morgan fingerprint density at radius 1 is 1.33 bits per heavy atom. The lowest BCUT2D eigenvalue weighted by molar-refractivity contribution is 0.241. The fourth-order valence-electron chi connectivity index (χ4n) is 4.16. The van der Waals surface area contributed by atoms with E-state index in [1.165, 1.54) is 12.0 Å². The molecule has 2 aliphatic rings. The molecule has 0 spiro atoms. The summed E-state index contributed by atoms with van der Waals surface area (Å²) in [6, 6.07) is 8.11. The quantitative estimate of drug-likeness (QED) is 0.899. The predicted molar refractivity (Wildman–Crippen MR) is 106 cm³/mol. The third-order valence-corrected chi connectivity index (χ3v) is 5.63. The van der Waals surface area contributed by atoms with E-state index < -0.39 is 0 Å². The average Bonchev–Trinajstić information content (AvgIpc) is 2.68. The number of piperidine rings is 1. The van der Waals surface area contributed by atoms with E-state index in [2.05, 4.69) is 33.8 Å². The standard InChI is InChI=1S/C21H28N4O2/c1-15-5-4-9-25(12-15)21-22-19-8-10-24(14-18(19)20(26)23-21)13-16-6-3-7-17(11-16)27-2/h3,6-7,11,15H,4-5,8-10,12-14H2,1-2H3,(H,22,23,26). The van der Waals surface area contributed by atoms with E-state index in [0.717, 1.165) is 62.0 Å². The van der Waals surface area contributed by atoms with Crippen molar-refractivity contribution in [1.29, 1.82) is 0 Å². The molecule has 3 heterocycles. The Morgan fingerprint density at radius 2 is 2.22 bits per heavy atom. The van der Waals surface area contributed by atoms with Gasteiger partial charge in [-0.1, -0.05) is 19.1 Å². The van der Waals surface area contributed by atoms with Gasteiger partial charge in [-0.3, -0.25) is 14.7 Å². The fraction of sp³-hybridized carbons (Fsp3) is 0.524. The molecular formula is C21H28N4O2. The van der Waals surface area contributed by atoms with Gasteiger partial charge in [0.05, 0.1) is 18.4 Å². The van der Waals surface area contributed by atoms with Gasteiger partial charge in [0.25, 0.3) is 5.56 Å². The van der Waals surface area contributed by atoms with Gasteiger partial charge >= 0.3 is 0 Å². The Labute approximate surface area is 160 Å². The molecule has 0 bridgehead atoms. The van der Waals surface area contributed by atoms with Crippen molar-refractivity contribution < 1.29 is 4.74 Å². The van der Waals surface area contributed by atoms with Crippen molar-refractivity contribution in [1.82, 2.24) is 14.9 Å². The number of nitrogens with zero attached hydrogens (tertiary/aromatic N) is 3. The number of nitrogens with one attached hydrogen (secondary N) is 1. The molecule has 0 saturated carbocycles. The molecule has 1 aromatic heterocycles. The molecule has 144 valence electrons. The van der Waals surface area contributed by atoms with Crippen molar-refractivity contribution in [3.63, 3.8) is 0 Å². The molecule has 1 unspecified atom stereocenters. The minimum Gasteiger partial charge on any atom is -0.497 e. The number of fused-ring (bicyclic) bond motifs is 1. The summed E-state index contributed by atoms with van der Waals surface area (Å²) in [6.07, 6.45) is 3.24. The molecule has 0 amide bonds. The summed E-state index contributed by atoms with van der Waals surface area (Å²) >= 11 is 0. The number of H-pyrrole nitrogens is 1. The predicted octanol–water partition coefficient (Wildman–Crippen LogP) is 2.57. The highest BCUT2D eigenvalue weighted by Gasteiger charge is 2.24. The van der Waals surface area contributed by atoms with E-state index >= 15 is 0 Å². The van der Waals surface area contributed by atoms with E-state index in [9.17, 15) is 4.79 Å². The molecule has 4 rings (SSSR count). The van der Waals surface area contributed by atoms with Crippen molar-refractivity contribution in [2.75, 3.05) is 31.6 Å². The number of ether oxygens (including phenoxy) is 1. The Kier molecular flexibility index (Phi) is 5.16. The first-order chi connectivity index (χ1) is 13.1. The van der Waals surface area contributed by atoms with Crippen LogP contribution in [0.3, 0.4) is 0 Å². The summed E-state index contributed by atoms with van der Waals surface area (Å²) in [5.74, 6) is 2.27. The number of anilines is 1. The van der Waals surface area contributed by atoms with Crippen LogP contribution in [0, 0.1) is 5.92 Å². The normalized spacial score (nSPS) is 20.4. The third kappa shape index (κ3) is 4.00. The van der Waals surface area contributed by atoms with Crippen LogP contribution >= 0.6 is 0 Å². The van der Waals surface area contributed by atoms with E-state index in [0.29, 0.717) is 12.5 Å². The maximum Gasteiger partial charge on any atom is 0.257 e. The minimum atomic E-state index is 0.0172. The number of benzene rings is 1. The van der Waals surface area contributed by atoms with Crippen molar-refractivity contribution in [3.05, 3.63) is 51.4 Å². The van der Waals surface area contributed by atoms with Crippen LogP contribution in [0.15, 0.2) is 29.1 Å². The molecule has 0 radical (unpaired) electrons. The molecule has 0 aliphatic carbocycles. The summed E-state index contributed by atoms with van der Waals surface area (Å²) in [5, 5.41) is 0. The molecule has 1 saturated heterocycles. The summed E-state index contributed by atoms with van der Waals surface area (Å²) in [7, 11) is 1.68. The average molecular weight is 368 g/mol. The van der Waals surface area contributed by atoms with E-state index in [1.807, 2.05) is 12.1 Å². The van der Waals surface area contributed by atoms with Crippen LogP contribution in [0.5, 0.6) is 5.75 Å². The van der Waals surface area contributed by atoms with Crippen LogP contribution in [-0.4, -0.2) is 41.6 Å². The van der Waals surface area contributed by atoms with Gasteiger partial charge in [0.2, 0.25) is 5.95 Å². The second-order valence-electron chi connectivity index (χ2n) is 7.82. The SMILES string of the molecule is COc1cccc(CN2CCc3nc(N4CCCC(C)C4)[nH]c(=O)c3C2)c1. The van der Waals surface area contributed by atoms with Crippen LogP contribution < -0.4 is 15.2 Å². The van der Waals surface area contributed by atoms with Crippen LogP contribution in [-0.2, 0) is 19.5 Å². The molecule has 1 fully saturated rings. The molecule has 1 atom stereocenters. The molecule has 6 heteroatoms. The maximum absolute atomic E-state index is 12.7. The number of hydrogen-bond acceptors (Lipinski definition) is 5. The molecule has 1 N–H and O–H groups in total. The van der Waals surface area contributed by atoms with Gasteiger partial charge in [0, 0.05) is 39.1 Å². The topological polar surface area (TPSA) is 61.5 Å². The van der Waals surface area contributed by atoms with E-state index in [4.69, 9.17) is 9.72 Å². The lowest BCUT2D eigenvalue weighted by Crippen LogP contribution is -2.39. The summed E-state index contributed by atoms with van der Waals surface area (Å²) in [4.78, 5) is 25.1. The highest BCUT2D eigenvalue weighted by Crippen LogP contribution is 2.23. The summed E-state index contributed by atoms with van der Waals surface area (Å²) in [6.45, 7) is 6.58. The molecule has 6 nitrogen and oxygen atoms in total. The lowest BCUT2D eigenvalue weighted by Gasteiger charge is -2.33. The first kappa shape index (κ1) is 18.0. The molecule has 2 aromatic rings. The van der Waals surface area contributed by atoms with Gasteiger partial charge in [-0.05, 0) is 36.5 Å². The van der Waals surface area contributed by atoms with Gasteiger partial charge in [-0.25, -0.2) is 4.98 Å². The van der Waals surface area contributed by atoms with Crippen LogP contribution in [0.25, 0.3) is 0 Å². The first-order valence-corrected chi connectivity index (χ1v) is 9.84. The van der Waals surface area contributed by atoms with Crippen LogP contribution in [0.4, 0.5) is 5.95 Å². The number of aromatic amines is 1. The number of rotatable bonds is 4. The molecule has 27 heavy (non-hydrogen) atoms. The van der Waals surface area contributed by atoms with Gasteiger partial charge < -0.3 is 9.64 Å². The summed E-state index contributed by atoms with van der Waals surface area (Å²) in [5.41, 5.74) is 3.00. The molecule has 1 aromatic carbocycles. The zero-order valence-electron chi connectivity index (χ0n) is 16.2. The first-order valence-electron chi connectivity index (χ1n) is 9.84. The second-order valence-corrected chi connectivity index (χ2v) is 7.82. The molecule has 2 aliphatic heterocycles. The fourth-order valence-corrected chi connectivity index (χ4v) is 4.16. The van der Waals surface area contributed by atoms with E-state index in [-0.39, 0.29) is 5.56 Å². The maximum atomic E-state index is 12.7.